The standard InChI is InChI=1S/C12H16ClFN2O3S/c1-8-7-19-3-2-16(8)20(17,18)10-4-9(6-15)12(13)11(14)5-10/h4-5,8H,2-3,6-7,15H2,1H3. The second kappa shape index (κ2) is 5.95. The molecular weight excluding hydrogens is 307 g/mol. The van der Waals surface area contributed by atoms with E-state index in [0.717, 1.165) is 6.07 Å². The van der Waals surface area contributed by atoms with E-state index >= 15 is 0 Å². The first-order valence-electron chi connectivity index (χ1n) is 6.15. The Morgan fingerprint density at radius 2 is 2.25 bits per heavy atom. The lowest BCUT2D eigenvalue weighted by Gasteiger charge is -2.32. The zero-order valence-corrected chi connectivity index (χ0v) is 12.5. The van der Waals surface area contributed by atoms with Gasteiger partial charge in [-0.2, -0.15) is 4.31 Å². The second-order valence-corrected chi connectivity index (χ2v) is 6.89. The Kier molecular flexibility index (Phi) is 4.66. The maximum absolute atomic E-state index is 13.7. The minimum Gasteiger partial charge on any atom is -0.378 e. The van der Waals surface area contributed by atoms with E-state index in [4.69, 9.17) is 22.1 Å². The molecule has 1 aliphatic rings. The normalized spacial score (nSPS) is 21.1. The van der Waals surface area contributed by atoms with Gasteiger partial charge in [-0.25, -0.2) is 12.8 Å². The molecule has 1 saturated heterocycles. The van der Waals surface area contributed by atoms with Crippen LogP contribution < -0.4 is 5.73 Å². The van der Waals surface area contributed by atoms with Gasteiger partial charge in [0.25, 0.3) is 0 Å². The molecule has 1 heterocycles. The van der Waals surface area contributed by atoms with E-state index in [2.05, 4.69) is 0 Å². The van der Waals surface area contributed by atoms with Gasteiger partial charge in [0.1, 0.15) is 5.82 Å². The first-order valence-corrected chi connectivity index (χ1v) is 7.97. The van der Waals surface area contributed by atoms with Gasteiger partial charge in [0.2, 0.25) is 10.0 Å². The first-order chi connectivity index (χ1) is 9.37. The number of nitrogens with zero attached hydrogens (tertiary/aromatic N) is 1. The van der Waals surface area contributed by atoms with Gasteiger partial charge < -0.3 is 10.5 Å². The number of halogens is 2. The Hall–Kier alpha value is -0.730. The van der Waals surface area contributed by atoms with Gasteiger partial charge in [-0.05, 0) is 24.6 Å². The molecule has 0 bridgehead atoms. The van der Waals surface area contributed by atoms with E-state index in [1.807, 2.05) is 0 Å². The van der Waals surface area contributed by atoms with Crippen molar-refractivity contribution < 1.29 is 17.5 Å². The Morgan fingerprint density at radius 3 is 2.85 bits per heavy atom. The third-order valence-corrected chi connectivity index (χ3v) is 5.62. The zero-order valence-electron chi connectivity index (χ0n) is 11.0. The van der Waals surface area contributed by atoms with Crippen molar-refractivity contribution in [1.29, 1.82) is 0 Å². The van der Waals surface area contributed by atoms with Crippen molar-refractivity contribution in [3.8, 4) is 0 Å². The van der Waals surface area contributed by atoms with Crippen LogP contribution in [-0.2, 0) is 21.3 Å². The second-order valence-electron chi connectivity index (χ2n) is 4.62. The van der Waals surface area contributed by atoms with Crippen molar-refractivity contribution in [3.05, 3.63) is 28.5 Å². The summed E-state index contributed by atoms with van der Waals surface area (Å²) in [5.41, 5.74) is 5.73. The monoisotopic (exact) mass is 322 g/mol. The summed E-state index contributed by atoms with van der Waals surface area (Å²) in [5.74, 6) is -0.783. The number of hydrogen-bond acceptors (Lipinski definition) is 4. The number of benzene rings is 1. The van der Waals surface area contributed by atoms with Gasteiger partial charge in [-0.3, -0.25) is 0 Å². The fourth-order valence-electron chi connectivity index (χ4n) is 2.12. The molecule has 2 rings (SSSR count). The van der Waals surface area contributed by atoms with Gasteiger partial charge in [0.15, 0.2) is 0 Å². The molecule has 0 radical (unpaired) electrons. The summed E-state index contributed by atoms with van der Waals surface area (Å²) in [7, 11) is -3.78. The molecule has 1 fully saturated rings. The maximum Gasteiger partial charge on any atom is 0.243 e. The van der Waals surface area contributed by atoms with E-state index in [9.17, 15) is 12.8 Å². The van der Waals surface area contributed by atoms with E-state index in [-0.39, 0.29) is 34.6 Å². The molecule has 1 unspecified atom stereocenters. The van der Waals surface area contributed by atoms with Crippen LogP contribution in [0.25, 0.3) is 0 Å². The van der Waals surface area contributed by atoms with E-state index in [0.29, 0.717) is 13.2 Å². The van der Waals surface area contributed by atoms with Crippen LogP contribution in [0.1, 0.15) is 12.5 Å². The predicted molar refractivity (Wildman–Crippen MR) is 73.5 cm³/mol. The highest BCUT2D eigenvalue weighted by Gasteiger charge is 2.32. The average Bonchev–Trinajstić information content (AvgIpc) is 2.41. The van der Waals surface area contributed by atoms with Crippen LogP contribution in [0.2, 0.25) is 5.02 Å². The topological polar surface area (TPSA) is 72.6 Å². The maximum atomic E-state index is 13.7. The molecule has 1 aromatic rings. The summed E-state index contributed by atoms with van der Waals surface area (Å²) >= 11 is 5.75. The summed E-state index contributed by atoms with van der Waals surface area (Å²) in [5, 5.41) is -0.138. The summed E-state index contributed by atoms with van der Waals surface area (Å²) in [6.07, 6.45) is 0. The minimum absolute atomic E-state index is 0.0300. The van der Waals surface area contributed by atoms with Gasteiger partial charge in [0.05, 0.1) is 23.1 Å². The smallest absolute Gasteiger partial charge is 0.243 e. The van der Waals surface area contributed by atoms with Crippen LogP contribution in [0.15, 0.2) is 17.0 Å². The number of hydrogen-bond donors (Lipinski definition) is 1. The van der Waals surface area contributed by atoms with E-state index < -0.39 is 15.8 Å². The molecule has 0 aromatic heterocycles. The lowest BCUT2D eigenvalue weighted by atomic mass is 10.2. The molecule has 8 heteroatoms. The number of morpholine rings is 1. The molecule has 2 N–H and O–H groups in total. The Labute approximate surface area is 122 Å². The minimum atomic E-state index is -3.78. The third-order valence-electron chi connectivity index (χ3n) is 3.21. The molecule has 0 aliphatic carbocycles. The van der Waals surface area contributed by atoms with Gasteiger partial charge in [-0.1, -0.05) is 11.6 Å². The fourth-order valence-corrected chi connectivity index (χ4v) is 3.97. The highest BCUT2D eigenvalue weighted by Crippen LogP contribution is 2.27. The van der Waals surface area contributed by atoms with E-state index in [1.54, 1.807) is 6.92 Å². The molecule has 0 saturated carbocycles. The van der Waals surface area contributed by atoms with Crippen LogP contribution in [0.4, 0.5) is 4.39 Å². The molecule has 1 atom stereocenters. The number of nitrogens with two attached hydrogens (primary N) is 1. The van der Waals surface area contributed by atoms with Crippen LogP contribution in [-0.4, -0.2) is 38.5 Å². The molecule has 112 valence electrons. The highest BCUT2D eigenvalue weighted by molar-refractivity contribution is 7.89. The number of sulfonamides is 1. The zero-order chi connectivity index (χ0) is 14.9. The predicted octanol–water partition coefficient (Wildman–Crippen LogP) is 1.35. The highest BCUT2D eigenvalue weighted by atomic mass is 35.5. The van der Waals surface area contributed by atoms with Crippen LogP contribution in [0.3, 0.4) is 0 Å². The van der Waals surface area contributed by atoms with Gasteiger partial charge in [0, 0.05) is 19.1 Å². The first kappa shape index (κ1) is 15.7. The molecule has 20 heavy (non-hydrogen) atoms. The summed E-state index contributed by atoms with van der Waals surface area (Å²) in [6, 6.07) is 1.95. The summed E-state index contributed by atoms with van der Waals surface area (Å²) in [6.45, 7) is 2.60. The van der Waals surface area contributed by atoms with Crippen molar-refractivity contribution in [1.82, 2.24) is 4.31 Å². The van der Waals surface area contributed by atoms with Crippen molar-refractivity contribution in [2.75, 3.05) is 19.8 Å². The van der Waals surface area contributed by atoms with Gasteiger partial charge >= 0.3 is 0 Å². The molecule has 1 aromatic carbocycles. The lowest BCUT2D eigenvalue weighted by Crippen LogP contribution is -2.47. The number of ether oxygens (including phenoxy) is 1. The van der Waals surface area contributed by atoms with Crippen molar-refractivity contribution in [2.24, 2.45) is 5.73 Å². The van der Waals surface area contributed by atoms with E-state index in [1.165, 1.54) is 10.4 Å². The Bertz CT molecular complexity index is 609. The average molecular weight is 323 g/mol. The van der Waals surface area contributed by atoms with Crippen LogP contribution in [0.5, 0.6) is 0 Å². The number of rotatable bonds is 3. The Morgan fingerprint density at radius 1 is 1.55 bits per heavy atom. The molecular formula is C12H16ClFN2O3S. The van der Waals surface area contributed by atoms with Crippen LogP contribution >= 0.6 is 11.6 Å². The Balaban J connectivity index is 2.46. The lowest BCUT2D eigenvalue weighted by molar-refractivity contribution is 0.0392. The summed E-state index contributed by atoms with van der Waals surface area (Å²) in [4.78, 5) is -0.131. The SMILES string of the molecule is CC1COCCN1S(=O)(=O)c1cc(F)c(Cl)c(CN)c1. The molecule has 0 spiro atoms. The summed E-state index contributed by atoms with van der Waals surface area (Å²) < 4.78 is 45.3. The van der Waals surface area contributed by atoms with Crippen molar-refractivity contribution in [3.63, 3.8) is 0 Å². The van der Waals surface area contributed by atoms with Crippen molar-refractivity contribution >= 4 is 21.6 Å². The quantitative estimate of drug-likeness (QED) is 0.911. The largest absolute Gasteiger partial charge is 0.378 e. The molecule has 0 amide bonds. The van der Waals surface area contributed by atoms with Gasteiger partial charge in [-0.15, -0.1) is 0 Å². The van der Waals surface area contributed by atoms with Crippen LogP contribution in [0, 0.1) is 5.82 Å². The van der Waals surface area contributed by atoms with Crippen molar-refractivity contribution in [2.45, 2.75) is 24.4 Å². The fraction of sp³-hybridized carbons (Fsp3) is 0.500. The molecule has 5 nitrogen and oxygen atoms in total. The third kappa shape index (κ3) is 2.82. The molecule has 1 aliphatic heterocycles.